The molecular weight excluding hydrogens is 323 g/mol. The van der Waals surface area contributed by atoms with Gasteiger partial charge >= 0.3 is 0 Å². The Kier molecular flexibility index (Phi) is 5.45. The molecule has 0 bridgehead atoms. The van der Waals surface area contributed by atoms with E-state index < -0.39 is 0 Å². The van der Waals surface area contributed by atoms with Gasteiger partial charge in [0.15, 0.2) is 0 Å². The molecule has 5 nitrogen and oxygen atoms in total. The predicted octanol–water partition coefficient (Wildman–Crippen LogP) is 2.59. The number of carbonyl (C=O) groups is 1. The number of hydrogen-bond donors (Lipinski definition) is 2. The third-order valence-electron chi connectivity index (χ3n) is 3.71. The maximum Gasteiger partial charge on any atom is 0.272 e. The second-order valence-electron chi connectivity index (χ2n) is 5.23. The minimum Gasteiger partial charge on any atom is -0.332 e. The summed E-state index contributed by atoms with van der Waals surface area (Å²) < 4.78 is 0. The van der Waals surface area contributed by atoms with Crippen LogP contribution in [0.3, 0.4) is 0 Å². The minimum absolute atomic E-state index is 0. The summed E-state index contributed by atoms with van der Waals surface area (Å²) in [7, 11) is 0. The number of aromatic nitrogens is 2. The lowest BCUT2D eigenvalue weighted by Crippen LogP contribution is -2.52. The van der Waals surface area contributed by atoms with E-state index in [0.717, 1.165) is 30.9 Å². The van der Waals surface area contributed by atoms with E-state index in [4.69, 9.17) is 11.6 Å². The van der Waals surface area contributed by atoms with Crippen LogP contribution in [0.5, 0.6) is 0 Å². The molecule has 2 N–H and O–H groups in total. The summed E-state index contributed by atoms with van der Waals surface area (Å²) in [5, 5.41) is 11.0. The lowest BCUT2D eigenvalue weighted by atomic mass is 10.1. The Balaban J connectivity index is 0.00000176. The van der Waals surface area contributed by atoms with Crippen molar-refractivity contribution in [3.05, 3.63) is 41.0 Å². The predicted molar refractivity (Wildman–Crippen MR) is 89.6 cm³/mol. The molecule has 0 saturated carbocycles. The molecule has 118 valence electrons. The topological polar surface area (TPSA) is 61.0 Å². The maximum atomic E-state index is 12.5. The zero-order valence-corrected chi connectivity index (χ0v) is 13.7. The van der Waals surface area contributed by atoms with E-state index in [2.05, 4.69) is 15.5 Å². The first-order valence-corrected chi connectivity index (χ1v) is 7.36. The number of rotatable bonds is 2. The summed E-state index contributed by atoms with van der Waals surface area (Å²) in [6.07, 6.45) is 0. The molecule has 1 aliphatic heterocycles. The van der Waals surface area contributed by atoms with Crippen molar-refractivity contribution in [3.63, 3.8) is 0 Å². The summed E-state index contributed by atoms with van der Waals surface area (Å²) in [6.45, 7) is 4.41. The van der Waals surface area contributed by atoms with E-state index in [1.54, 1.807) is 6.07 Å². The fraction of sp³-hybridized carbons (Fsp3) is 0.333. The van der Waals surface area contributed by atoms with Gasteiger partial charge in [-0.25, -0.2) is 0 Å². The minimum atomic E-state index is -0.00304. The Morgan fingerprint density at radius 1 is 1.36 bits per heavy atom. The molecule has 3 rings (SSSR count). The molecule has 22 heavy (non-hydrogen) atoms. The van der Waals surface area contributed by atoms with Crippen molar-refractivity contribution < 1.29 is 4.79 Å². The van der Waals surface area contributed by atoms with Crippen LogP contribution in [0.1, 0.15) is 17.4 Å². The Morgan fingerprint density at radius 3 is 2.77 bits per heavy atom. The van der Waals surface area contributed by atoms with Gasteiger partial charge in [0.2, 0.25) is 0 Å². The van der Waals surface area contributed by atoms with Crippen LogP contribution in [0.25, 0.3) is 11.3 Å². The Hall–Kier alpha value is -1.56. The largest absolute Gasteiger partial charge is 0.332 e. The number of carbonyl (C=O) groups excluding carboxylic acids is 1. The fourth-order valence-corrected chi connectivity index (χ4v) is 2.62. The van der Waals surface area contributed by atoms with Crippen molar-refractivity contribution in [1.29, 1.82) is 0 Å². The van der Waals surface area contributed by atoms with Crippen LogP contribution in [0.15, 0.2) is 30.3 Å². The van der Waals surface area contributed by atoms with Crippen LogP contribution >= 0.6 is 24.0 Å². The van der Waals surface area contributed by atoms with Crippen molar-refractivity contribution in [3.8, 4) is 11.3 Å². The zero-order valence-electron chi connectivity index (χ0n) is 12.2. The molecule has 0 unspecified atom stereocenters. The molecule has 0 radical (unpaired) electrons. The Morgan fingerprint density at radius 2 is 2.09 bits per heavy atom. The number of nitrogens with zero attached hydrogens (tertiary/aromatic N) is 2. The first kappa shape index (κ1) is 16.8. The number of halogens is 2. The molecule has 0 aliphatic carbocycles. The number of nitrogens with one attached hydrogen (secondary N) is 2. The normalized spacial score (nSPS) is 17.9. The Labute approximate surface area is 140 Å². The average Bonchev–Trinajstić information content (AvgIpc) is 2.98. The van der Waals surface area contributed by atoms with Gasteiger partial charge in [-0.05, 0) is 25.1 Å². The third kappa shape index (κ3) is 3.43. The molecule has 1 aromatic heterocycles. The summed E-state index contributed by atoms with van der Waals surface area (Å²) >= 11 is 5.88. The highest BCUT2D eigenvalue weighted by atomic mass is 35.5. The summed E-state index contributed by atoms with van der Waals surface area (Å²) in [5.41, 5.74) is 2.20. The SMILES string of the molecule is C[C@H]1CNCCN1C(=O)c1cc(-c2ccc(Cl)cc2)n[nH]1.Cl. The van der Waals surface area contributed by atoms with Crippen LogP contribution < -0.4 is 5.32 Å². The second kappa shape index (κ2) is 7.13. The number of amides is 1. The molecule has 1 saturated heterocycles. The zero-order chi connectivity index (χ0) is 14.8. The lowest BCUT2D eigenvalue weighted by Gasteiger charge is -2.33. The van der Waals surface area contributed by atoms with Gasteiger partial charge in [0.1, 0.15) is 5.69 Å². The van der Waals surface area contributed by atoms with Gasteiger partial charge in [-0.2, -0.15) is 5.10 Å². The van der Waals surface area contributed by atoms with E-state index in [-0.39, 0.29) is 24.4 Å². The highest BCUT2D eigenvalue weighted by Gasteiger charge is 2.25. The molecule has 2 aromatic rings. The molecule has 2 heterocycles. The summed E-state index contributed by atoms with van der Waals surface area (Å²) in [6, 6.07) is 9.38. The maximum absolute atomic E-state index is 12.5. The van der Waals surface area contributed by atoms with Crippen LogP contribution in [-0.4, -0.2) is 46.7 Å². The van der Waals surface area contributed by atoms with Crippen LogP contribution in [0, 0.1) is 0 Å². The monoisotopic (exact) mass is 340 g/mol. The number of benzene rings is 1. The van der Waals surface area contributed by atoms with Crippen LogP contribution in [0.4, 0.5) is 0 Å². The van der Waals surface area contributed by atoms with E-state index in [1.807, 2.05) is 36.1 Å². The molecule has 0 spiro atoms. The molecular formula is C15H18Cl2N4O. The van der Waals surface area contributed by atoms with Crippen molar-refractivity contribution in [2.24, 2.45) is 0 Å². The number of H-pyrrole nitrogens is 1. The molecule has 1 atom stereocenters. The van der Waals surface area contributed by atoms with Crippen molar-refractivity contribution in [2.75, 3.05) is 19.6 Å². The van der Waals surface area contributed by atoms with E-state index >= 15 is 0 Å². The summed E-state index contributed by atoms with van der Waals surface area (Å²) in [5.74, 6) is -0.00304. The molecule has 7 heteroatoms. The highest BCUT2D eigenvalue weighted by Crippen LogP contribution is 2.21. The lowest BCUT2D eigenvalue weighted by molar-refractivity contribution is 0.0649. The number of hydrogen-bond acceptors (Lipinski definition) is 3. The fourth-order valence-electron chi connectivity index (χ4n) is 2.50. The van der Waals surface area contributed by atoms with E-state index in [0.29, 0.717) is 10.7 Å². The second-order valence-corrected chi connectivity index (χ2v) is 5.66. The third-order valence-corrected chi connectivity index (χ3v) is 3.96. The van der Waals surface area contributed by atoms with Crippen LogP contribution in [0.2, 0.25) is 5.02 Å². The Bertz CT molecular complexity index is 641. The van der Waals surface area contributed by atoms with Gasteiger partial charge in [0.05, 0.1) is 5.69 Å². The molecule has 1 amide bonds. The van der Waals surface area contributed by atoms with Gasteiger partial charge in [0, 0.05) is 36.3 Å². The molecule has 1 aliphatic rings. The smallest absolute Gasteiger partial charge is 0.272 e. The van der Waals surface area contributed by atoms with Gasteiger partial charge in [-0.1, -0.05) is 23.7 Å². The first-order valence-electron chi connectivity index (χ1n) is 6.98. The van der Waals surface area contributed by atoms with Crippen molar-refractivity contribution >= 4 is 29.9 Å². The molecule has 1 fully saturated rings. The van der Waals surface area contributed by atoms with Gasteiger partial charge in [-0.15, -0.1) is 12.4 Å². The van der Waals surface area contributed by atoms with Gasteiger partial charge in [0.25, 0.3) is 5.91 Å². The van der Waals surface area contributed by atoms with Crippen LogP contribution in [-0.2, 0) is 0 Å². The standard InChI is InChI=1S/C15H17ClN4O.ClH/c1-10-9-17-6-7-20(10)15(21)14-8-13(18-19-14)11-2-4-12(16)5-3-11;/h2-5,8,10,17H,6-7,9H2,1H3,(H,18,19);1H/t10-;/m0./s1. The highest BCUT2D eigenvalue weighted by molar-refractivity contribution is 6.30. The molecule has 1 aromatic carbocycles. The summed E-state index contributed by atoms with van der Waals surface area (Å²) in [4.78, 5) is 14.4. The van der Waals surface area contributed by atoms with E-state index in [1.165, 1.54) is 0 Å². The average molecular weight is 341 g/mol. The van der Waals surface area contributed by atoms with Gasteiger partial charge in [-0.3, -0.25) is 9.89 Å². The quantitative estimate of drug-likeness (QED) is 0.883. The van der Waals surface area contributed by atoms with Crippen molar-refractivity contribution in [1.82, 2.24) is 20.4 Å². The van der Waals surface area contributed by atoms with Crippen molar-refractivity contribution in [2.45, 2.75) is 13.0 Å². The first-order chi connectivity index (χ1) is 10.1. The van der Waals surface area contributed by atoms with E-state index in [9.17, 15) is 4.79 Å². The number of aromatic amines is 1. The van der Waals surface area contributed by atoms with Gasteiger partial charge < -0.3 is 10.2 Å². The number of piperazine rings is 1.